The number of nitrogens with zero attached hydrogens (tertiary/aromatic N) is 1. The molecule has 5 nitrogen and oxygen atoms in total. The zero-order valence-corrected chi connectivity index (χ0v) is 9.77. The molecule has 1 saturated carbocycles. The van der Waals surface area contributed by atoms with E-state index < -0.39 is 11.5 Å². The third-order valence-corrected chi connectivity index (χ3v) is 3.37. The molecule has 0 radical (unpaired) electrons. The van der Waals surface area contributed by atoms with Gasteiger partial charge in [-0.15, -0.1) is 0 Å². The number of hydrogen-bond donors (Lipinski definition) is 2. The number of carbonyl (C=O) groups is 2. The number of hydrogen-bond acceptors (Lipinski definition) is 2. The van der Waals surface area contributed by atoms with Crippen LogP contribution in [0.25, 0.3) is 0 Å². The van der Waals surface area contributed by atoms with Gasteiger partial charge in [-0.05, 0) is 38.3 Å². The van der Waals surface area contributed by atoms with Gasteiger partial charge in [-0.3, -0.25) is 4.79 Å². The molecule has 2 N–H and O–H groups in total. The van der Waals surface area contributed by atoms with E-state index in [1.54, 1.807) is 16.7 Å². The molecule has 1 amide bonds. The monoisotopic (exact) mass is 236 g/mol. The summed E-state index contributed by atoms with van der Waals surface area (Å²) in [7, 11) is 0. The van der Waals surface area contributed by atoms with Gasteiger partial charge in [-0.1, -0.05) is 0 Å². The smallest absolute Gasteiger partial charge is 0.329 e. The summed E-state index contributed by atoms with van der Waals surface area (Å²) in [6, 6.07) is 3.49. The van der Waals surface area contributed by atoms with Crippen molar-refractivity contribution in [1.82, 2.24) is 9.88 Å². The van der Waals surface area contributed by atoms with Crippen molar-refractivity contribution in [2.45, 2.75) is 38.3 Å². The molecule has 1 heterocycles. The second-order valence-corrected chi connectivity index (χ2v) is 4.37. The van der Waals surface area contributed by atoms with E-state index >= 15 is 0 Å². The van der Waals surface area contributed by atoms with Gasteiger partial charge in [0.2, 0.25) is 0 Å². The average molecular weight is 236 g/mol. The van der Waals surface area contributed by atoms with Crippen molar-refractivity contribution >= 4 is 11.9 Å². The van der Waals surface area contributed by atoms with Crippen LogP contribution in [0.15, 0.2) is 18.3 Å². The Balaban J connectivity index is 2.14. The van der Waals surface area contributed by atoms with Gasteiger partial charge in [-0.2, -0.15) is 0 Å². The Bertz CT molecular complexity index is 446. The number of rotatable bonds is 4. The number of carboxylic acids is 1. The van der Waals surface area contributed by atoms with Crippen LogP contribution in [-0.4, -0.2) is 27.1 Å². The lowest BCUT2D eigenvalue weighted by atomic mass is 9.76. The summed E-state index contributed by atoms with van der Waals surface area (Å²) < 4.78 is 1.80. The van der Waals surface area contributed by atoms with Crippen molar-refractivity contribution in [2.24, 2.45) is 0 Å². The normalized spacial score (nSPS) is 17.2. The number of carbonyl (C=O) groups excluding carboxylic acids is 1. The lowest BCUT2D eigenvalue weighted by molar-refractivity contribution is -0.148. The molecule has 0 saturated heterocycles. The maximum absolute atomic E-state index is 12.0. The average Bonchev–Trinajstić information content (AvgIpc) is 2.70. The summed E-state index contributed by atoms with van der Waals surface area (Å²) in [6.07, 6.45) is 3.69. The fourth-order valence-electron chi connectivity index (χ4n) is 2.10. The van der Waals surface area contributed by atoms with Crippen LogP contribution in [0.2, 0.25) is 0 Å². The highest BCUT2D eigenvalue weighted by Gasteiger charge is 2.45. The molecule has 0 atom stereocenters. The van der Waals surface area contributed by atoms with Crippen LogP contribution in [0, 0.1) is 0 Å². The molecule has 1 aromatic heterocycles. The van der Waals surface area contributed by atoms with Crippen molar-refractivity contribution in [3.05, 3.63) is 24.0 Å². The molecule has 0 unspecified atom stereocenters. The molecule has 5 heteroatoms. The molecule has 2 rings (SSSR count). The first-order valence-electron chi connectivity index (χ1n) is 5.80. The second-order valence-electron chi connectivity index (χ2n) is 4.37. The van der Waals surface area contributed by atoms with Gasteiger partial charge < -0.3 is 15.0 Å². The van der Waals surface area contributed by atoms with E-state index in [0.29, 0.717) is 25.1 Å². The minimum Gasteiger partial charge on any atom is -0.480 e. The first kappa shape index (κ1) is 11.7. The molecule has 17 heavy (non-hydrogen) atoms. The molecular weight excluding hydrogens is 220 g/mol. The van der Waals surface area contributed by atoms with Crippen LogP contribution in [0.4, 0.5) is 0 Å². The summed E-state index contributed by atoms with van der Waals surface area (Å²) in [5.74, 6) is -1.24. The predicted octanol–water partition coefficient (Wildman–Crippen LogP) is 1.25. The maximum Gasteiger partial charge on any atom is 0.329 e. The highest BCUT2D eigenvalue weighted by Crippen LogP contribution is 2.32. The first-order valence-corrected chi connectivity index (χ1v) is 5.80. The van der Waals surface area contributed by atoms with E-state index in [1.165, 1.54) is 0 Å². The molecular formula is C12H16N2O3. The highest BCUT2D eigenvalue weighted by molar-refractivity contribution is 5.97. The Morgan fingerprint density at radius 3 is 2.71 bits per heavy atom. The number of aliphatic carboxylic acids is 1. The van der Waals surface area contributed by atoms with Crippen LogP contribution in [0.1, 0.15) is 36.7 Å². The van der Waals surface area contributed by atoms with Crippen LogP contribution < -0.4 is 5.32 Å². The highest BCUT2D eigenvalue weighted by atomic mass is 16.4. The topological polar surface area (TPSA) is 71.3 Å². The molecule has 0 aromatic carbocycles. The van der Waals surface area contributed by atoms with Crippen LogP contribution in [0.3, 0.4) is 0 Å². The van der Waals surface area contributed by atoms with Crippen molar-refractivity contribution in [3.63, 3.8) is 0 Å². The van der Waals surface area contributed by atoms with Gasteiger partial charge in [0.05, 0.1) is 0 Å². The zero-order valence-electron chi connectivity index (χ0n) is 9.77. The Morgan fingerprint density at radius 2 is 2.24 bits per heavy atom. The number of nitrogens with one attached hydrogen (secondary N) is 1. The molecule has 1 aliphatic carbocycles. The summed E-state index contributed by atoms with van der Waals surface area (Å²) >= 11 is 0. The predicted molar refractivity (Wildman–Crippen MR) is 61.8 cm³/mol. The Labute approximate surface area is 99.4 Å². The molecule has 1 aliphatic rings. The third-order valence-electron chi connectivity index (χ3n) is 3.37. The van der Waals surface area contributed by atoms with Crippen molar-refractivity contribution in [3.8, 4) is 0 Å². The minimum atomic E-state index is -1.04. The van der Waals surface area contributed by atoms with E-state index in [0.717, 1.165) is 6.42 Å². The van der Waals surface area contributed by atoms with Crippen LogP contribution >= 0.6 is 0 Å². The number of carboxylic acid groups (broad SMARTS) is 1. The number of aromatic nitrogens is 1. The van der Waals surface area contributed by atoms with Crippen molar-refractivity contribution in [1.29, 1.82) is 0 Å². The summed E-state index contributed by atoms with van der Waals surface area (Å²) in [6.45, 7) is 2.63. The molecule has 92 valence electrons. The van der Waals surface area contributed by atoms with Gasteiger partial charge >= 0.3 is 5.97 Å². The van der Waals surface area contributed by atoms with Crippen molar-refractivity contribution < 1.29 is 14.7 Å². The van der Waals surface area contributed by atoms with Gasteiger partial charge in [0, 0.05) is 12.7 Å². The fraction of sp³-hybridized carbons (Fsp3) is 0.500. The second kappa shape index (κ2) is 4.24. The number of amides is 1. The fourth-order valence-corrected chi connectivity index (χ4v) is 2.10. The summed E-state index contributed by atoms with van der Waals surface area (Å²) in [4.78, 5) is 23.1. The van der Waals surface area contributed by atoms with Crippen LogP contribution in [-0.2, 0) is 11.3 Å². The number of aryl methyl sites for hydroxylation is 1. The molecule has 1 aromatic rings. The lowest BCUT2D eigenvalue weighted by Gasteiger charge is -2.38. The Kier molecular flexibility index (Phi) is 2.92. The maximum atomic E-state index is 12.0. The largest absolute Gasteiger partial charge is 0.480 e. The Morgan fingerprint density at radius 1 is 1.53 bits per heavy atom. The van der Waals surface area contributed by atoms with E-state index in [4.69, 9.17) is 5.11 Å². The molecule has 1 fully saturated rings. The van der Waals surface area contributed by atoms with Crippen LogP contribution in [0.5, 0.6) is 0 Å². The Hall–Kier alpha value is -1.78. The lowest BCUT2D eigenvalue weighted by Crippen LogP contribution is -2.59. The molecule has 0 aliphatic heterocycles. The first-order chi connectivity index (χ1) is 8.09. The van der Waals surface area contributed by atoms with Crippen molar-refractivity contribution in [2.75, 3.05) is 0 Å². The van der Waals surface area contributed by atoms with Gasteiger partial charge in [0.1, 0.15) is 11.2 Å². The minimum absolute atomic E-state index is 0.307. The SMILES string of the molecule is CCn1cccc1C(=O)NC1(C(=O)O)CCC1. The van der Waals surface area contributed by atoms with Gasteiger partial charge in [-0.25, -0.2) is 4.79 Å². The van der Waals surface area contributed by atoms with E-state index in [1.807, 2.05) is 13.1 Å². The standard InChI is InChI=1S/C12H16N2O3/c1-2-14-8-3-5-9(14)10(15)13-12(11(16)17)6-4-7-12/h3,5,8H,2,4,6-7H2,1H3,(H,13,15)(H,16,17). The molecule has 0 spiro atoms. The quantitative estimate of drug-likeness (QED) is 0.826. The van der Waals surface area contributed by atoms with Gasteiger partial charge in [0.25, 0.3) is 5.91 Å². The van der Waals surface area contributed by atoms with E-state index in [2.05, 4.69) is 5.32 Å². The molecule has 0 bridgehead atoms. The zero-order chi connectivity index (χ0) is 12.5. The van der Waals surface area contributed by atoms with Gasteiger partial charge in [0.15, 0.2) is 0 Å². The van der Waals surface area contributed by atoms with E-state index in [-0.39, 0.29) is 5.91 Å². The summed E-state index contributed by atoms with van der Waals surface area (Å²) in [5.41, 5.74) is -0.528. The van der Waals surface area contributed by atoms with E-state index in [9.17, 15) is 9.59 Å². The summed E-state index contributed by atoms with van der Waals surface area (Å²) in [5, 5.41) is 11.8. The third kappa shape index (κ3) is 1.92.